The van der Waals surface area contributed by atoms with Crippen molar-refractivity contribution in [3.8, 4) is 0 Å². The van der Waals surface area contributed by atoms with Crippen LogP contribution in [0.1, 0.15) is 271 Å². The molecule has 0 aromatic carbocycles. The van der Waals surface area contributed by atoms with Crippen molar-refractivity contribution in [1.29, 1.82) is 0 Å². The highest BCUT2D eigenvalue weighted by Crippen LogP contribution is 2.43. The Hall–Kier alpha value is -1.28. The van der Waals surface area contributed by atoms with Crippen LogP contribution in [-0.2, 0) is 27.9 Å². The highest BCUT2D eigenvalue weighted by Gasteiger charge is 2.25. The molecule has 0 aliphatic rings. The number of hydrogen-bond donors (Lipinski definition) is 2. The summed E-state index contributed by atoms with van der Waals surface area (Å²) >= 11 is 0. The van der Waals surface area contributed by atoms with Gasteiger partial charge in [-0.25, -0.2) is 4.57 Å². The SMILES string of the molecule is CCCCC/C=C\C/C=C\CCCCCCCCCCCC(=O)OC(COCCCCCCCCCCCCCCCC/C=C\CCCCCCCCCC)COP(=O)(O)OCCN. The highest BCUT2D eigenvalue weighted by atomic mass is 31.2. The van der Waals surface area contributed by atoms with Crippen LogP contribution in [0.4, 0.5) is 0 Å². The molecule has 0 aromatic heterocycles. The number of allylic oxidation sites excluding steroid dienone is 6. The van der Waals surface area contributed by atoms with Gasteiger partial charge < -0.3 is 20.1 Å². The van der Waals surface area contributed by atoms with Crippen LogP contribution in [0.25, 0.3) is 0 Å². The van der Waals surface area contributed by atoms with E-state index in [4.69, 9.17) is 24.3 Å². The zero-order valence-corrected chi connectivity index (χ0v) is 43.2. The Morgan fingerprint density at radius 3 is 1.27 bits per heavy atom. The summed E-state index contributed by atoms with van der Waals surface area (Å²) in [6.07, 6.45) is 63.3. The van der Waals surface area contributed by atoms with Crippen molar-refractivity contribution in [3.63, 3.8) is 0 Å². The van der Waals surface area contributed by atoms with E-state index in [0.29, 0.717) is 13.0 Å². The van der Waals surface area contributed by atoms with Crippen LogP contribution in [0.15, 0.2) is 36.5 Å². The molecule has 2 atom stereocenters. The minimum absolute atomic E-state index is 0.0953. The van der Waals surface area contributed by atoms with Gasteiger partial charge in [0.2, 0.25) is 0 Å². The van der Waals surface area contributed by atoms with E-state index < -0.39 is 13.9 Å². The maximum atomic E-state index is 12.7. The van der Waals surface area contributed by atoms with Crippen LogP contribution < -0.4 is 5.73 Å². The van der Waals surface area contributed by atoms with E-state index in [2.05, 4.69) is 50.3 Å². The molecule has 0 radical (unpaired) electrons. The number of nitrogens with two attached hydrogens (primary N) is 1. The molecule has 0 saturated heterocycles. The van der Waals surface area contributed by atoms with Gasteiger partial charge in [0, 0.05) is 19.6 Å². The molecule has 0 rings (SSSR count). The van der Waals surface area contributed by atoms with E-state index in [0.717, 1.165) is 38.5 Å². The fraction of sp³-hybridized carbons (Fsp3) is 0.873. The average Bonchev–Trinajstić information content (AvgIpc) is 3.29. The topological polar surface area (TPSA) is 117 Å². The van der Waals surface area contributed by atoms with E-state index in [-0.39, 0.29) is 32.3 Å². The van der Waals surface area contributed by atoms with Crippen molar-refractivity contribution in [3.05, 3.63) is 36.5 Å². The summed E-state index contributed by atoms with van der Waals surface area (Å²) in [5, 5.41) is 0. The van der Waals surface area contributed by atoms with Gasteiger partial charge in [0.25, 0.3) is 0 Å². The molecule has 378 valence electrons. The summed E-state index contributed by atoms with van der Waals surface area (Å²) in [5.74, 6) is -0.331. The highest BCUT2D eigenvalue weighted by molar-refractivity contribution is 7.47. The summed E-state index contributed by atoms with van der Waals surface area (Å²) in [7, 11) is -4.28. The molecular formula is C55H106NO7P. The van der Waals surface area contributed by atoms with Crippen LogP contribution in [0, 0.1) is 0 Å². The largest absolute Gasteiger partial charge is 0.472 e. The van der Waals surface area contributed by atoms with Crippen molar-refractivity contribution in [2.45, 2.75) is 277 Å². The quantitative estimate of drug-likeness (QED) is 0.0268. The molecule has 0 amide bonds. The first kappa shape index (κ1) is 62.7. The second kappa shape index (κ2) is 52.7. The second-order valence-electron chi connectivity index (χ2n) is 18.4. The van der Waals surface area contributed by atoms with Crippen molar-refractivity contribution in [2.75, 3.05) is 33.0 Å². The molecule has 9 heteroatoms. The number of rotatable bonds is 53. The Bertz CT molecular complexity index is 1080. The normalized spacial score (nSPS) is 13.5. The molecule has 0 aliphatic carbocycles. The van der Waals surface area contributed by atoms with Gasteiger partial charge in [-0.2, -0.15) is 0 Å². The Labute approximate surface area is 397 Å². The van der Waals surface area contributed by atoms with Crippen molar-refractivity contribution < 1.29 is 32.8 Å². The number of phosphoric acid groups is 1. The summed E-state index contributed by atoms with van der Waals surface area (Å²) in [6, 6.07) is 0. The molecular weight excluding hydrogens is 818 g/mol. The predicted molar refractivity (Wildman–Crippen MR) is 275 cm³/mol. The molecule has 0 heterocycles. The molecule has 8 nitrogen and oxygen atoms in total. The van der Waals surface area contributed by atoms with Crippen LogP contribution in [0.2, 0.25) is 0 Å². The number of carbonyl (C=O) groups excluding carboxylic acids is 1. The lowest BCUT2D eigenvalue weighted by atomic mass is 10.0. The second-order valence-corrected chi connectivity index (χ2v) is 19.9. The van der Waals surface area contributed by atoms with Gasteiger partial charge in [-0.1, -0.05) is 230 Å². The monoisotopic (exact) mass is 924 g/mol. The van der Waals surface area contributed by atoms with E-state index in [1.165, 1.54) is 212 Å². The van der Waals surface area contributed by atoms with E-state index in [9.17, 15) is 14.3 Å². The maximum absolute atomic E-state index is 12.7. The van der Waals surface area contributed by atoms with Gasteiger partial charge >= 0.3 is 13.8 Å². The minimum atomic E-state index is -4.28. The van der Waals surface area contributed by atoms with E-state index >= 15 is 0 Å². The number of ether oxygens (including phenoxy) is 2. The third-order valence-corrected chi connectivity index (χ3v) is 13.0. The van der Waals surface area contributed by atoms with E-state index in [1.807, 2.05) is 0 Å². The van der Waals surface area contributed by atoms with Crippen molar-refractivity contribution in [2.24, 2.45) is 5.73 Å². The molecule has 0 fully saturated rings. The zero-order valence-electron chi connectivity index (χ0n) is 42.3. The number of hydrogen-bond acceptors (Lipinski definition) is 7. The predicted octanol–water partition coefficient (Wildman–Crippen LogP) is 17.3. The fourth-order valence-electron chi connectivity index (χ4n) is 7.97. The van der Waals surface area contributed by atoms with Crippen LogP contribution in [0.3, 0.4) is 0 Å². The van der Waals surface area contributed by atoms with Crippen LogP contribution in [-0.4, -0.2) is 49.9 Å². The fourth-order valence-corrected chi connectivity index (χ4v) is 8.73. The van der Waals surface area contributed by atoms with Gasteiger partial charge in [-0.15, -0.1) is 0 Å². The smallest absolute Gasteiger partial charge is 0.457 e. The molecule has 0 aliphatic heterocycles. The van der Waals surface area contributed by atoms with Gasteiger partial charge in [0.1, 0.15) is 6.10 Å². The van der Waals surface area contributed by atoms with Gasteiger partial charge in [0.05, 0.1) is 19.8 Å². The average molecular weight is 924 g/mol. The van der Waals surface area contributed by atoms with Gasteiger partial charge in [0.15, 0.2) is 0 Å². The Balaban J connectivity index is 3.87. The lowest BCUT2D eigenvalue weighted by Crippen LogP contribution is -2.28. The third-order valence-electron chi connectivity index (χ3n) is 12.0. The molecule has 3 N–H and O–H groups in total. The number of carbonyl (C=O) groups is 1. The van der Waals surface area contributed by atoms with Crippen LogP contribution in [0.5, 0.6) is 0 Å². The lowest BCUT2D eigenvalue weighted by Gasteiger charge is -2.20. The first-order valence-corrected chi connectivity index (χ1v) is 29.0. The standard InChI is InChI=1S/C55H106NO7P/c1-3-5-7-9-11-13-15-17-19-21-23-24-25-26-27-28-29-31-33-35-37-39-41-43-45-47-50-60-52-54(53-62-64(58,59)61-51-49-56)63-55(57)48-46-44-42-40-38-36-34-32-30-22-20-18-16-14-12-10-8-6-4-2/h12,14,18,20-21,23,54H,3-11,13,15-17,19,22,24-53,56H2,1-2H3,(H,58,59)/b14-12-,20-18-,23-21-. The Morgan fingerprint density at radius 2 is 0.828 bits per heavy atom. The van der Waals surface area contributed by atoms with Crippen LogP contribution >= 0.6 is 7.82 Å². The van der Waals surface area contributed by atoms with Crippen molar-refractivity contribution >= 4 is 13.8 Å². The first-order chi connectivity index (χ1) is 31.4. The molecule has 64 heavy (non-hydrogen) atoms. The first-order valence-electron chi connectivity index (χ1n) is 27.5. The molecule has 0 saturated carbocycles. The van der Waals surface area contributed by atoms with Gasteiger partial charge in [-0.3, -0.25) is 13.8 Å². The molecule has 0 spiro atoms. The number of unbranched alkanes of at least 4 members (excludes halogenated alkanes) is 34. The maximum Gasteiger partial charge on any atom is 0.472 e. The minimum Gasteiger partial charge on any atom is -0.457 e. The summed E-state index contributed by atoms with van der Waals surface area (Å²) < 4.78 is 33.6. The summed E-state index contributed by atoms with van der Waals surface area (Å²) in [4.78, 5) is 22.6. The molecule has 0 bridgehead atoms. The number of phosphoric ester groups is 1. The number of esters is 1. The summed E-state index contributed by atoms with van der Waals surface area (Å²) in [5.41, 5.74) is 5.40. The van der Waals surface area contributed by atoms with Crippen molar-refractivity contribution in [1.82, 2.24) is 0 Å². The van der Waals surface area contributed by atoms with Gasteiger partial charge in [-0.05, 0) is 70.6 Å². The zero-order chi connectivity index (χ0) is 46.5. The Morgan fingerprint density at radius 1 is 0.469 bits per heavy atom. The molecule has 2 unspecified atom stereocenters. The lowest BCUT2D eigenvalue weighted by molar-refractivity contribution is -0.154. The molecule has 0 aromatic rings. The Kier molecular flexibility index (Phi) is 51.6. The third kappa shape index (κ3) is 51.7. The summed E-state index contributed by atoms with van der Waals surface area (Å²) in [6.45, 7) is 4.94. The van der Waals surface area contributed by atoms with E-state index in [1.54, 1.807) is 0 Å².